The van der Waals surface area contributed by atoms with Gasteiger partial charge in [-0.3, -0.25) is 4.79 Å². The van der Waals surface area contributed by atoms with Crippen LogP contribution in [0, 0.1) is 5.41 Å². The van der Waals surface area contributed by atoms with Crippen molar-refractivity contribution in [2.24, 2.45) is 5.41 Å². The van der Waals surface area contributed by atoms with Crippen molar-refractivity contribution in [3.8, 4) is 0 Å². The lowest BCUT2D eigenvalue weighted by atomic mass is 9.89. The molecule has 0 atom stereocenters. The third kappa shape index (κ3) is 8.72. The summed E-state index contributed by atoms with van der Waals surface area (Å²) in [5.74, 6) is 0.104. The van der Waals surface area contributed by atoms with Gasteiger partial charge in [-0.25, -0.2) is 0 Å². The molecule has 0 aliphatic heterocycles. The van der Waals surface area contributed by atoms with Crippen LogP contribution in [-0.4, -0.2) is 25.2 Å². The van der Waals surface area contributed by atoms with Crippen LogP contribution in [0.15, 0.2) is 0 Å². The third-order valence-electron chi connectivity index (χ3n) is 2.34. The number of hydrogen-bond acceptors (Lipinski definition) is 2. The monoisotopic (exact) mass is 231 g/mol. The number of ether oxygens (including phenoxy) is 1. The van der Waals surface area contributed by atoms with E-state index in [2.05, 4.69) is 5.32 Å². The molecule has 0 aliphatic carbocycles. The lowest BCUT2D eigenvalue weighted by Crippen LogP contribution is -2.38. The lowest BCUT2D eigenvalue weighted by Gasteiger charge is -2.21. The average Bonchev–Trinajstić information content (AvgIpc) is 2.26. The zero-order valence-corrected chi connectivity index (χ0v) is 12.0. The quantitative estimate of drug-likeness (QED) is 0.714. The van der Waals surface area contributed by atoms with Gasteiger partial charge in [-0.1, -0.05) is 34.6 Å². The van der Waals surface area contributed by atoms with Gasteiger partial charge >= 0.3 is 0 Å². The smallest absolute Gasteiger partial charge is 0.225 e. The van der Waals surface area contributed by atoms with E-state index in [1.807, 2.05) is 48.5 Å². The van der Waals surface area contributed by atoms with Crippen LogP contribution >= 0.6 is 0 Å². The Morgan fingerprint density at radius 3 is 2.19 bits per heavy atom. The van der Waals surface area contributed by atoms with E-state index < -0.39 is 0 Å². The first-order valence-electron chi connectivity index (χ1n) is 6.30. The second-order valence-corrected chi connectivity index (χ2v) is 4.41. The molecule has 3 heteroatoms. The first-order valence-corrected chi connectivity index (χ1v) is 6.30. The van der Waals surface area contributed by atoms with E-state index in [9.17, 15) is 4.79 Å². The summed E-state index contributed by atoms with van der Waals surface area (Å²) >= 11 is 0. The molecule has 0 unspecified atom stereocenters. The maximum absolute atomic E-state index is 11.6. The molecule has 0 bridgehead atoms. The maximum Gasteiger partial charge on any atom is 0.225 e. The van der Waals surface area contributed by atoms with E-state index in [0.717, 1.165) is 6.42 Å². The van der Waals surface area contributed by atoms with Crippen LogP contribution in [0.2, 0.25) is 0 Å². The minimum atomic E-state index is -0.266. The Hall–Kier alpha value is -0.570. The predicted molar refractivity (Wildman–Crippen MR) is 69.5 cm³/mol. The highest BCUT2D eigenvalue weighted by Gasteiger charge is 2.24. The van der Waals surface area contributed by atoms with Crippen LogP contribution in [0.1, 0.15) is 54.9 Å². The van der Waals surface area contributed by atoms with Crippen LogP contribution in [0.3, 0.4) is 0 Å². The molecule has 0 spiro atoms. The fourth-order valence-electron chi connectivity index (χ4n) is 0.859. The van der Waals surface area contributed by atoms with Crippen molar-refractivity contribution in [2.45, 2.75) is 61.0 Å². The highest BCUT2D eigenvalue weighted by Crippen LogP contribution is 2.18. The molecule has 16 heavy (non-hydrogen) atoms. The highest BCUT2D eigenvalue weighted by molar-refractivity contribution is 5.81. The molecule has 0 saturated carbocycles. The second kappa shape index (κ2) is 9.64. The molecule has 0 aliphatic rings. The van der Waals surface area contributed by atoms with Crippen molar-refractivity contribution in [2.75, 3.05) is 13.2 Å². The average molecular weight is 231 g/mol. The van der Waals surface area contributed by atoms with Crippen LogP contribution in [0.4, 0.5) is 0 Å². The minimum absolute atomic E-state index is 0.104. The van der Waals surface area contributed by atoms with E-state index in [0.29, 0.717) is 13.2 Å². The van der Waals surface area contributed by atoms with Gasteiger partial charge in [-0.15, -0.1) is 0 Å². The number of carbonyl (C=O) groups is 1. The molecule has 1 N–H and O–H groups in total. The Balaban J connectivity index is 0. The zero-order valence-electron chi connectivity index (χ0n) is 12.0. The van der Waals surface area contributed by atoms with Crippen molar-refractivity contribution >= 4 is 5.91 Å². The molecule has 98 valence electrons. The van der Waals surface area contributed by atoms with Crippen LogP contribution in [0.25, 0.3) is 0 Å². The van der Waals surface area contributed by atoms with E-state index in [1.165, 1.54) is 0 Å². The lowest BCUT2D eigenvalue weighted by molar-refractivity contribution is -0.129. The van der Waals surface area contributed by atoms with Gasteiger partial charge in [-0.2, -0.15) is 0 Å². The molecule has 1 amide bonds. The number of carbonyl (C=O) groups excluding carboxylic acids is 1. The molecule has 0 aromatic heterocycles. The van der Waals surface area contributed by atoms with Gasteiger partial charge in [0.25, 0.3) is 0 Å². The van der Waals surface area contributed by atoms with Gasteiger partial charge < -0.3 is 10.1 Å². The number of hydrogen-bond donors (Lipinski definition) is 1. The Morgan fingerprint density at radius 1 is 1.31 bits per heavy atom. The molecular weight excluding hydrogens is 202 g/mol. The Bertz CT molecular complexity index is 177. The molecule has 0 aromatic carbocycles. The standard InChI is InChI=1S/C11H23NO2.C2H6/c1-6-11(4,5)10(13)12-7-8-14-9(2)3;1-2/h9H,6-8H2,1-5H3,(H,12,13);1-2H3. The van der Waals surface area contributed by atoms with Crippen molar-refractivity contribution in [1.82, 2.24) is 5.32 Å². The summed E-state index contributed by atoms with van der Waals surface area (Å²) in [5.41, 5.74) is -0.266. The summed E-state index contributed by atoms with van der Waals surface area (Å²) in [4.78, 5) is 11.6. The molecular formula is C13H29NO2. The molecule has 0 radical (unpaired) electrons. The van der Waals surface area contributed by atoms with Crippen molar-refractivity contribution < 1.29 is 9.53 Å². The molecule has 0 saturated heterocycles. The van der Waals surface area contributed by atoms with Crippen LogP contribution in [0.5, 0.6) is 0 Å². The molecule has 0 fully saturated rings. The fourth-order valence-corrected chi connectivity index (χ4v) is 0.859. The third-order valence-corrected chi connectivity index (χ3v) is 2.34. The normalized spacial score (nSPS) is 10.8. The number of nitrogens with one attached hydrogen (secondary N) is 1. The second-order valence-electron chi connectivity index (χ2n) is 4.41. The first-order chi connectivity index (χ1) is 7.40. The first kappa shape index (κ1) is 17.8. The summed E-state index contributed by atoms with van der Waals surface area (Å²) in [7, 11) is 0. The SMILES string of the molecule is CC.CCC(C)(C)C(=O)NCCOC(C)C. The van der Waals surface area contributed by atoms with Gasteiger partial charge in [0.1, 0.15) is 0 Å². The predicted octanol–water partition coefficient (Wildman–Crippen LogP) is 2.99. The van der Waals surface area contributed by atoms with E-state index in [-0.39, 0.29) is 17.4 Å². The van der Waals surface area contributed by atoms with Gasteiger partial charge in [0.15, 0.2) is 0 Å². The van der Waals surface area contributed by atoms with Gasteiger partial charge in [0.2, 0.25) is 5.91 Å². The van der Waals surface area contributed by atoms with Crippen LogP contribution in [-0.2, 0) is 9.53 Å². The summed E-state index contributed by atoms with van der Waals surface area (Å²) in [6, 6.07) is 0. The Labute approximate surface area is 101 Å². The van der Waals surface area contributed by atoms with Gasteiger partial charge in [-0.05, 0) is 20.3 Å². The molecule has 0 aromatic rings. The topological polar surface area (TPSA) is 38.3 Å². The maximum atomic E-state index is 11.6. The summed E-state index contributed by atoms with van der Waals surface area (Å²) in [6.45, 7) is 15.1. The largest absolute Gasteiger partial charge is 0.377 e. The van der Waals surface area contributed by atoms with Crippen LogP contribution < -0.4 is 5.32 Å². The van der Waals surface area contributed by atoms with E-state index >= 15 is 0 Å². The van der Waals surface area contributed by atoms with Gasteiger partial charge in [0, 0.05) is 12.0 Å². The van der Waals surface area contributed by atoms with Gasteiger partial charge in [0.05, 0.1) is 12.7 Å². The van der Waals surface area contributed by atoms with E-state index in [1.54, 1.807) is 0 Å². The highest BCUT2D eigenvalue weighted by atomic mass is 16.5. The summed E-state index contributed by atoms with van der Waals surface area (Å²) in [6.07, 6.45) is 1.08. The van der Waals surface area contributed by atoms with E-state index in [4.69, 9.17) is 4.74 Å². The van der Waals surface area contributed by atoms with Crippen molar-refractivity contribution in [3.05, 3.63) is 0 Å². The summed E-state index contributed by atoms with van der Waals surface area (Å²) in [5, 5.41) is 2.87. The molecule has 0 rings (SSSR count). The minimum Gasteiger partial charge on any atom is -0.377 e. The number of amides is 1. The van der Waals surface area contributed by atoms with Crippen molar-refractivity contribution in [3.63, 3.8) is 0 Å². The zero-order chi connectivity index (χ0) is 13.2. The summed E-state index contributed by atoms with van der Waals surface area (Å²) < 4.78 is 5.32. The molecule has 0 heterocycles. The van der Waals surface area contributed by atoms with Crippen molar-refractivity contribution in [1.29, 1.82) is 0 Å². The Kier molecular flexibility index (Phi) is 10.7. The Morgan fingerprint density at radius 2 is 1.81 bits per heavy atom. The number of rotatable bonds is 6. The molecule has 3 nitrogen and oxygen atoms in total. The fraction of sp³-hybridized carbons (Fsp3) is 0.923.